The predicted molar refractivity (Wildman–Crippen MR) is 100 cm³/mol. The van der Waals surface area contributed by atoms with Crippen LogP contribution in [-0.2, 0) is 28.1 Å². The minimum atomic E-state index is -0.371. The lowest BCUT2D eigenvalue weighted by molar-refractivity contribution is -0.122. The molecule has 8 heteroatoms. The average Bonchev–Trinajstić information content (AvgIpc) is 3.32. The summed E-state index contributed by atoms with van der Waals surface area (Å²) in [5.41, 5.74) is 2.92. The van der Waals surface area contributed by atoms with Crippen molar-refractivity contribution in [2.24, 2.45) is 13.0 Å². The summed E-state index contributed by atoms with van der Waals surface area (Å²) in [6.07, 6.45) is 0.215. The number of amides is 2. The summed E-state index contributed by atoms with van der Waals surface area (Å²) in [6.45, 7) is 0.381. The number of aromatic nitrogens is 2. The first-order valence-electron chi connectivity index (χ1n) is 8.44. The Hall–Kier alpha value is -2.48. The van der Waals surface area contributed by atoms with Crippen molar-refractivity contribution in [3.8, 4) is 5.75 Å². The van der Waals surface area contributed by atoms with E-state index in [9.17, 15) is 9.59 Å². The van der Waals surface area contributed by atoms with Crippen LogP contribution in [-0.4, -0.2) is 35.2 Å². The number of hydrogen-bond donors (Lipinski definition) is 1. The highest BCUT2D eigenvalue weighted by Crippen LogP contribution is 2.35. The first kappa shape index (κ1) is 17.0. The van der Waals surface area contributed by atoms with E-state index in [4.69, 9.17) is 4.74 Å². The van der Waals surface area contributed by atoms with Crippen LogP contribution in [0.25, 0.3) is 0 Å². The number of nitrogens with zero attached hydrogens (tertiary/aromatic N) is 3. The standard InChI is InChI=1S/C18H20N4O3S/c1-21-17(14-9-26-10-15(14)20-21)19-18(24)11-7-16(23)22(8-11)12-3-5-13(25-2)6-4-12/h3-6,11H,7-10H2,1-2H3,(H,19,24). The molecule has 7 nitrogen and oxygen atoms in total. The molecule has 4 rings (SSSR count). The smallest absolute Gasteiger partial charge is 0.230 e. The van der Waals surface area contributed by atoms with Crippen molar-refractivity contribution in [2.45, 2.75) is 17.9 Å². The number of ether oxygens (including phenoxy) is 1. The number of fused-ring (bicyclic) bond motifs is 1. The molecule has 1 saturated heterocycles. The van der Waals surface area contributed by atoms with Crippen molar-refractivity contribution in [3.05, 3.63) is 35.5 Å². The molecule has 1 aromatic carbocycles. The molecule has 0 spiro atoms. The first-order valence-corrected chi connectivity index (χ1v) is 9.60. The Morgan fingerprint density at radius 2 is 2.08 bits per heavy atom. The van der Waals surface area contributed by atoms with Gasteiger partial charge < -0.3 is 15.0 Å². The average molecular weight is 372 g/mol. The van der Waals surface area contributed by atoms with Gasteiger partial charge in [-0.25, -0.2) is 0 Å². The van der Waals surface area contributed by atoms with Crippen LogP contribution in [0.3, 0.4) is 0 Å². The van der Waals surface area contributed by atoms with E-state index in [1.807, 2.05) is 31.3 Å². The highest BCUT2D eigenvalue weighted by atomic mass is 32.2. The molecule has 2 amide bonds. The first-order chi connectivity index (χ1) is 12.6. The fourth-order valence-electron chi connectivity index (χ4n) is 3.41. The summed E-state index contributed by atoms with van der Waals surface area (Å²) in [4.78, 5) is 26.8. The highest BCUT2D eigenvalue weighted by Gasteiger charge is 2.36. The van der Waals surface area contributed by atoms with E-state index in [0.29, 0.717) is 6.54 Å². The summed E-state index contributed by atoms with van der Waals surface area (Å²) < 4.78 is 6.87. The van der Waals surface area contributed by atoms with Crippen LogP contribution in [0.1, 0.15) is 17.7 Å². The molecular formula is C18H20N4O3S. The van der Waals surface area contributed by atoms with Crippen LogP contribution in [0.15, 0.2) is 24.3 Å². The Kier molecular flexibility index (Phi) is 4.36. The van der Waals surface area contributed by atoms with Gasteiger partial charge in [-0.1, -0.05) is 0 Å². The molecule has 1 N–H and O–H groups in total. The number of nitrogens with one attached hydrogen (secondary N) is 1. The van der Waals surface area contributed by atoms with Gasteiger partial charge in [0.05, 0.1) is 18.7 Å². The third-order valence-corrected chi connectivity index (χ3v) is 5.81. The van der Waals surface area contributed by atoms with Gasteiger partial charge in [-0.05, 0) is 24.3 Å². The number of methoxy groups -OCH3 is 1. The molecule has 136 valence electrons. The molecule has 3 heterocycles. The fraction of sp³-hybridized carbons (Fsp3) is 0.389. The van der Waals surface area contributed by atoms with Crippen LogP contribution in [0.5, 0.6) is 5.75 Å². The van der Waals surface area contributed by atoms with Crippen LogP contribution < -0.4 is 15.0 Å². The molecule has 2 aromatic rings. The largest absolute Gasteiger partial charge is 0.497 e. The fourth-order valence-corrected chi connectivity index (χ4v) is 4.45. The third-order valence-electron chi connectivity index (χ3n) is 4.84. The molecule has 2 aliphatic heterocycles. The minimum Gasteiger partial charge on any atom is -0.497 e. The van der Waals surface area contributed by atoms with Crippen molar-refractivity contribution < 1.29 is 14.3 Å². The van der Waals surface area contributed by atoms with Crippen molar-refractivity contribution in [2.75, 3.05) is 23.9 Å². The van der Waals surface area contributed by atoms with Gasteiger partial charge in [-0.15, -0.1) is 0 Å². The molecule has 0 bridgehead atoms. The molecule has 2 aliphatic rings. The lowest BCUT2D eigenvalue weighted by atomic mass is 10.1. The number of thioether (sulfide) groups is 1. The number of hydrogen-bond acceptors (Lipinski definition) is 5. The number of carbonyl (C=O) groups is 2. The highest BCUT2D eigenvalue weighted by molar-refractivity contribution is 7.98. The lowest BCUT2D eigenvalue weighted by Gasteiger charge is -2.17. The maximum atomic E-state index is 12.7. The van der Waals surface area contributed by atoms with E-state index in [1.54, 1.807) is 28.5 Å². The van der Waals surface area contributed by atoms with E-state index >= 15 is 0 Å². The van der Waals surface area contributed by atoms with E-state index < -0.39 is 0 Å². The van der Waals surface area contributed by atoms with Gasteiger partial charge in [0, 0.05) is 42.8 Å². The van der Waals surface area contributed by atoms with Crippen molar-refractivity contribution >= 4 is 35.1 Å². The number of rotatable bonds is 4. The Balaban J connectivity index is 1.47. The van der Waals surface area contributed by atoms with Gasteiger partial charge in [0.2, 0.25) is 11.8 Å². The molecule has 0 radical (unpaired) electrons. The minimum absolute atomic E-state index is 0.0406. The zero-order valence-corrected chi connectivity index (χ0v) is 15.5. The Bertz CT molecular complexity index is 862. The van der Waals surface area contributed by atoms with Crippen molar-refractivity contribution in [3.63, 3.8) is 0 Å². The van der Waals surface area contributed by atoms with Crippen molar-refractivity contribution in [1.29, 1.82) is 0 Å². The van der Waals surface area contributed by atoms with E-state index in [-0.39, 0.29) is 24.2 Å². The second kappa shape index (κ2) is 6.68. The van der Waals surface area contributed by atoms with Crippen LogP contribution in [0.4, 0.5) is 11.5 Å². The monoisotopic (exact) mass is 372 g/mol. The summed E-state index contributed by atoms with van der Waals surface area (Å²) in [5, 5.41) is 7.45. The Morgan fingerprint density at radius 3 is 2.81 bits per heavy atom. The number of benzene rings is 1. The summed E-state index contributed by atoms with van der Waals surface area (Å²) >= 11 is 1.79. The van der Waals surface area contributed by atoms with Crippen LogP contribution >= 0.6 is 11.8 Å². The molecular weight excluding hydrogens is 352 g/mol. The predicted octanol–water partition coefficient (Wildman–Crippen LogP) is 2.17. The van der Waals surface area contributed by atoms with E-state index in [0.717, 1.165) is 40.0 Å². The normalized spacial score (nSPS) is 18.9. The quantitative estimate of drug-likeness (QED) is 0.890. The number of anilines is 2. The molecule has 1 fully saturated rings. The van der Waals surface area contributed by atoms with Gasteiger partial charge >= 0.3 is 0 Å². The lowest BCUT2D eigenvalue weighted by Crippen LogP contribution is -2.28. The van der Waals surface area contributed by atoms with E-state index in [2.05, 4.69) is 10.4 Å². The van der Waals surface area contributed by atoms with Gasteiger partial charge in [0.15, 0.2) is 0 Å². The third kappa shape index (κ3) is 2.94. The SMILES string of the molecule is COc1ccc(N2CC(C(=O)Nc3c4c(nn3C)CSC4)CC2=O)cc1. The molecule has 1 aromatic heterocycles. The Morgan fingerprint density at radius 1 is 1.31 bits per heavy atom. The maximum absolute atomic E-state index is 12.7. The molecule has 1 unspecified atom stereocenters. The van der Waals surface area contributed by atoms with Gasteiger partial charge in [0.25, 0.3) is 0 Å². The van der Waals surface area contributed by atoms with E-state index in [1.165, 1.54) is 0 Å². The van der Waals surface area contributed by atoms with Gasteiger partial charge in [0.1, 0.15) is 11.6 Å². The zero-order chi connectivity index (χ0) is 18.3. The Labute approximate surface area is 155 Å². The van der Waals surface area contributed by atoms with Crippen molar-refractivity contribution in [1.82, 2.24) is 9.78 Å². The second-order valence-corrected chi connectivity index (χ2v) is 7.47. The van der Waals surface area contributed by atoms with Gasteiger partial charge in [-0.2, -0.15) is 16.9 Å². The molecule has 26 heavy (non-hydrogen) atoms. The summed E-state index contributed by atoms with van der Waals surface area (Å²) in [6, 6.07) is 7.30. The number of carbonyl (C=O) groups excluding carboxylic acids is 2. The summed E-state index contributed by atoms with van der Waals surface area (Å²) in [7, 11) is 3.44. The summed E-state index contributed by atoms with van der Waals surface area (Å²) in [5.74, 6) is 2.69. The van der Waals surface area contributed by atoms with Crippen LogP contribution in [0, 0.1) is 5.92 Å². The maximum Gasteiger partial charge on any atom is 0.230 e. The zero-order valence-electron chi connectivity index (χ0n) is 14.7. The topological polar surface area (TPSA) is 76.5 Å². The molecule has 0 saturated carbocycles. The molecule has 1 atom stereocenters. The van der Waals surface area contributed by atoms with Crippen LogP contribution in [0.2, 0.25) is 0 Å². The number of aryl methyl sites for hydroxylation is 1. The molecule has 0 aliphatic carbocycles. The van der Waals surface area contributed by atoms with Gasteiger partial charge in [-0.3, -0.25) is 14.3 Å². The second-order valence-electron chi connectivity index (χ2n) is 6.48.